The lowest BCUT2D eigenvalue weighted by atomic mass is 9.97. The summed E-state index contributed by atoms with van der Waals surface area (Å²) < 4.78 is 0. The zero-order chi connectivity index (χ0) is 11.4. The summed E-state index contributed by atoms with van der Waals surface area (Å²) in [5.74, 6) is -1.13. The molecule has 0 amide bonds. The topological polar surface area (TPSA) is 60.4 Å². The summed E-state index contributed by atoms with van der Waals surface area (Å²) in [4.78, 5) is 10.3. The summed E-state index contributed by atoms with van der Waals surface area (Å²) >= 11 is 0. The van der Waals surface area contributed by atoms with E-state index in [2.05, 4.69) is 0 Å². The Kier molecular flexibility index (Phi) is 3.86. The van der Waals surface area contributed by atoms with E-state index in [4.69, 9.17) is 0 Å². The first kappa shape index (κ1) is 11.7. The van der Waals surface area contributed by atoms with Crippen LogP contribution in [0.3, 0.4) is 0 Å². The van der Waals surface area contributed by atoms with Crippen LogP contribution in [0, 0.1) is 13.8 Å². The number of carboxylic acid groups (broad SMARTS) is 1. The Balaban J connectivity index is 2.77. The lowest BCUT2D eigenvalue weighted by Crippen LogP contribution is -2.22. The van der Waals surface area contributed by atoms with E-state index in [9.17, 15) is 15.0 Å². The first-order valence-corrected chi connectivity index (χ1v) is 4.96. The number of aliphatic hydroxyl groups is 1. The molecule has 1 aromatic carbocycles. The minimum Gasteiger partial charge on any atom is -0.550 e. The van der Waals surface area contributed by atoms with E-state index < -0.39 is 12.1 Å². The number of aliphatic hydroxyl groups excluding tert-OH is 1. The van der Waals surface area contributed by atoms with Crippen LogP contribution in [0.15, 0.2) is 18.2 Å². The number of hydrogen-bond donors (Lipinski definition) is 1. The summed E-state index contributed by atoms with van der Waals surface area (Å²) in [5, 5.41) is 20.0. The molecule has 0 aliphatic rings. The van der Waals surface area contributed by atoms with Crippen molar-refractivity contribution in [3.8, 4) is 0 Å². The molecule has 0 aromatic heterocycles. The largest absolute Gasteiger partial charge is 0.550 e. The van der Waals surface area contributed by atoms with Gasteiger partial charge in [0.1, 0.15) is 0 Å². The van der Waals surface area contributed by atoms with Gasteiger partial charge >= 0.3 is 0 Å². The fraction of sp³-hybridized carbons (Fsp3) is 0.417. The molecule has 0 aliphatic carbocycles. The smallest absolute Gasteiger partial charge is 0.0796 e. The van der Waals surface area contributed by atoms with E-state index in [1.165, 1.54) is 0 Å². The predicted octanol–water partition coefficient (Wildman–Crippen LogP) is 0.867. The van der Waals surface area contributed by atoms with E-state index in [1.807, 2.05) is 32.0 Å². The molecule has 0 saturated heterocycles. The third kappa shape index (κ3) is 3.06. The van der Waals surface area contributed by atoms with Gasteiger partial charge < -0.3 is 15.0 Å². The number of carbonyl (C=O) groups is 1. The average molecular weight is 207 g/mol. The van der Waals surface area contributed by atoms with Gasteiger partial charge in [0.2, 0.25) is 0 Å². The molecule has 1 rings (SSSR count). The molecular formula is C12H15O3-. The highest BCUT2D eigenvalue weighted by molar-refractivity contribution is 5.64. The Hall–Kier alpha value is -1.35. The number of carboxylic acids is 1. The summed E-state index contributed by atoms with van der Waals surface area (Å²) in [6, 6.07) is 5.65. The Morgan fingerprint density at radius 1 is 1.47 bits per heavy atom. The van der Waals surface area contributed by atoms with Crippen molar-refractivity contribution < 1.29 is 15.0 Å². The Morgan fingerprint density at radius 3 is 2.73 bits per heavy atom. The first-order valence-electron chi connectivity index (χ1n) is 4.96. The highest BCUT2D eigenvalue weighted by atomic mass is 16.4. The molecule has 0 heterocycles. The van der Waals surface area contributed by atoms with Crippen molar-refractivity contribution in [2.45, 2.75) is 32.8 Å². The van der Waals surface area contributed by atoms with Gasteiger partial charge in [-0.25, -0.2) is 0 Å². The first-order chi connectivity index (χ1) is 7.02. The van der Waals surface area contributed by atoms with Gasteiger partial charge in [0.05, 0.1) is 6.10 Å². The summed E-state index contributed by atoms with van der Waals surface area (Å²) in [7, 11) is 0. The SMILES string of the molecule is Cc1cccc(C(O)CCC(=O)[O-])c1C. The van der Waals surface area contributed by atoms with E-state index in [0.29, 0.717) is 0 Å². The highest BCUT2D eigenvalue weighted by Crippen LogP contribution is 2.23. The third-order valence-electron chi connectivity index (χ3n) is 2.63. The van der Waals surface area contributed by atoms with Gasteiger partial charge in [-0.3, -0.25) is 0 Å². The zero-order valence-corrected chi connectivity index (χ0v) is 8.99. The van der Waals surface area contributed by atoms with Crippen LogP contribution in [0.5, 0.6) is 0 Å². The van der Waals surface area contributed by atoms with Crippen molar-refractivity contribution >= 4 is 5.97 Å². The van der Waals surface area contributed by atoms with E-state index in [0.717, 1.165) is 16.7 Å². The molecule has 0 saturated carbocycles. The van der Waals surface area contributed by atoms with Crippen LogP contribution < -0.4 is 5.11 Å². The molecule has 3 nitrogen and oxygen atoms in total. The van der Waals surface area contributed by atoms with E-state index >= 15 is 0 Å². The molecule has 15 heavy (non-hydrogen) atoms. The van der Waals surface area contributed by atoms with Crippen LogP contribution in [0.4, 0.5) is 0 Å². The second kappa shape index (κ2) is 4.94. The standard InChI is InChI=1S/C12H16O3/c1-8-4-3-5-10(9(8)2)11(13)6-7-12(14)15/h3-5,11,13H,6-7H2,1-2H3,(H,14,15)/p-1. The number of carbonyl (C=O) groups excluding carboxylic acids is 1. The minimum absolute atomic E-state index is 0.117. The number of benzene rings is 1. The van der Waals surface area contributed by atoms with Crippen molar-refractivity contribution in [1.82, 2.24) is 0 Å². The van der Waals surface area contributed by atoms with Gasteiger partial charge in [0.25, 0.3) is 0 Å². The molecule has 1 N–H and O–H groups in total. The molecule has 0 fully saturated rings. The lowest BCUT2D eigenvalue weighted by molar-refractivity contribution is -0.306. The third-order valence-corrected chi connectivity index (χ3v) is 2.63. The van der Waals surface area contributed by atoms with Gasteiger partial charge in [-0.15, -0.1) is 0 Å². The quantitative estimate of drug-likeness (QED) is 0.796. The van der Waals surface area contributed by atoms with Crippen LogP contribution in [-0.4, -0.2) is 11.1 Å². The van der Waals surface area contributed by atoms with Crippen LogP contribution in [0.25, 0.3) is 0 Å². The number of aliphatic carboxylic acids is 1. The Morgan fingerprint density at radius 2 is 2.13 bits per heavy atom. The maximum atomic E-state index is 10.3. The molecule has 1 unspecified atom stereocenters. The minimum atomic E-state index is -1.13. The fourth-order valence-corrected chi connectivity index (χ4v) is 1.54. The van der Waals surface area contributed by atoms with Gasteiger partial charge in [-0.2, -0.15) is 0 Å². The second-order valence-electron chi connectivity index (χ2n) is 3.72. The monoisotopic (exact) mass is 207 g/mol. The molecule has 1 aromatic rings. The maximum Gasteiger partial charge on any atom is 0.0796 e. The normalized spacial score (nSPS) is 12.5. The van der Waals surface area contributed by atoms with Crippen molar-refractivity contribution in [1.29, 1.82) is 0 Å². The van der Waals surface area contributed by atoms with Crippen LogP contribution in [0.1, 0.15) is 35.6 Å². The Labute approximate surface area is 89.4 Å². The predicted molar refractivity (Wildman–Crippen MR) is 55.1 cm³/mol. The lowest BCUT2D eigenvalue weighted by Gasteiger charge is -2.15. The molecule has 0 spiro atoms. The molecule has 0 aliphatic heterocycles. The molecule has 0 radical (unpaired) electrons. The molecule has 82 valence electrons. The maximum absolute atomic E-state index is 10.3. The number of hydrogen-bond acceptors (Lipinski definition) is 3. The van der Waals surface area contributed by atoms with Crippen LogP contribution in [0.2, 0.25) is 0 Å². The summed E-state index contributed by atoms with van der Waals surface area (Å²) in [6.45, 7) is 3.89. The van der Waals surface area contributed by atoms with Crippen molar-refractivity contribution in [3.05, 3.63) is 34.9 Å². The van der Waals surface area contributed by atoms with Gasteiger partial charge in [0, 0.05) is 5.97 Å². The van der Waals surface area contributed by atoms with Crippen LogP contribution in [-0.2, 0) is 4.79 Å². The molecule has 3 heteroatoms. The van der Waals surface area contributed by atoms with Gasteiger partial charge in [-0.05, 0) is 43.4 Å². The zero-order valence-electron chi connectivity index (χ0n) is 8.99. The average Bonchev–Trinajstić information content (AvgIpc) is 2.18. The van der Waals surface area contributed by atoms with E-state index in [1.54, 1.807) is 0 Å². The number of aryl methyl sites for hydroxylation is 1. The summed E-state index contributed by atoms with van der Waals surface area (Å²) in [5.41, 5.74) is 2.92. The molecular weight excluding hydrogens is 192 g/mol. The van der Waals surface area contributed by atoms with Crippen LogP contribution >= 0.6 is 0 Å². The van der Waals surface area contributed by atoms with Gasteiger partial charge in [0.15, 0.2) is 0 Å². The van der Waals surface area contributed by atoms with E-state index in [-0.39, 0.29) is 12.8 Å². The van der Waals surface area contributed by atoms with Crippen molar-refractivity contribution in [2.24, 2.45) is 0 Å². The molecule has 1 atom stereocenters. The van der Waals surface area contributed by atoms with Crippen molar-refractivity contribution in [3.63, 3.8) is 0 Å². The summed E-state index contributed by atoms with van der Waals surface area (Å²) in [6.07, 6.45) is -0.635. The fourth-order valence-electron chi connectivity index (χ4n) is 1.54. The van der Waals surface area contributed by atoms with Gasteiger partial charge in [-0.1, -0.05) is 18.2 Å². The Bertz CT molecular complexity index is 358. The highest BCUT2D eigenvalue weighted by Gasteiger charge is 2.10. The van der Waals surface area contributed by atoms with Crippen molar-refractivity contribution in [2.75, 3.05) is 0 Å². The molecule has 0 bridgehead atoms. The number of rotatable bonds is 4. The second-order valence-corrected chi connectivity index (χ2v) is 3.72.